The monoisotopic (exact) mass is 857 g/mol. The molecule has 3 saturated carbocycles. The van der Waals surface area contributed by atoms with E-state index in [1.54, 1.807) is 26.8 Å². The maximum Gasteiger partial charge on any atom is 0.306 e. The van der Waals surface area contributed by atoms with E-state index in [4.69, 9.17) is 14.2 Å². The number of ketones is 2. The Morgan fingerprint density at radius 1 is 0.885 bits per heavy atom. The minimum absolute atomic E-state index is 0.0157. The van der Waals surface area contributed by atoms with E-state index in [1.165, 1.54) is 31.4 Å². The lowest BCUT2D eigenvalue weighted by molar-refractivity contribution is -0.220. The van der Waals surface area contributed by atoms with E-state index < -0.39 is 82.8 Å². The second-order valence-electron chi connectivity index (χ2n) is 18.4. The highest BCUT2D eigenvalue weighted by atomic mass is 19.1. The molecule has 61 heavy (non-hydrogen) atoms. The van der Waals surface area contributed by atoms with E-state index >= 15 is 4.39 Å². The van der Waals surface area contributed by atoms with Crippen LogP contribution in [0.5, 0.6) is 0 Å². The van der Waals surface area contributed by atoms with Crippen LogP contribution in [0.25, 0.3) is 0 Å². The summed E-state index contributed by atoms with van der Waals surface area (Å²) in [6.07, 6.45) is 23.8. The largest absolute Gasteiger partial charge is 0.466 e. The van der Waals surface area contributed by atoms with Crippen molar-refractivity contribution in [3.63, 3.8) is 0 Å². The van der Waals surface area contributed by atoms with Crippen LogP contribution in [0.3, 0.4) is 0 Å². The first kappa shape index (κ1) is 50.2. The van der Waals surface area contributed by atoms with Crippen LogP contribution in [0.4, 0.5) is 4.39 Å². The van der Waals surface area contributed by atoms with E-state index in [2.05, 4.69) is 31.2 Å². The molecule has 0 heterocycles. The summed E-state index contributed by atoms with van der Waals surface area (Å²) in [5.41, 5.74) is -5.92. The molecule has 0 aromatic carbocycles. The lowest BCUT2D eigenvalue weighted by atomic mass is 9.44. The van der Waals surface area contributed by atoms with E-state index in [0.29, 0.717) is 31.3 Å². The molecule has 342 valence electrons. The molecule has 9 atom stereocenters. The van der Waals surface area contributed by atoms with E-state index in [0.717, 1.165) is 51.4 Å². The summed E-state index contributed by atoms with van der Waals surface area (Å²) in [6, 6.07) is 0. The third-order valence-electron chi connectivity index (χ3n) is 14.3. The van der Waals surface area contributed by atoms with Crippen LogP contribution < -0.4 is 0 Å². The summed E-state index contributed by atoms with van der Waals surface area (Å²) in [6.45, 7) is 6.32. The molecule has 4 rings (SSSR count). The van der Waals surface area contributed by atoms with Gasteiger partial charge in [0.25, 0.3) is 0 Å². The van der Waals surface area contributed by atoms with E-state index in [-0.39, 0.29) is 50.6 Å². The Hall–Kier alpha value is -3.48. The van der Waals surface area contributed by atoms with E-state index in [1.807, 2.05) is 0 Å². The molecule has 3 fully saturated rings. The average molecular weight is 857 g/mol. The van der Waals surface area contributed by atoms with Gasteiger partial charge in [0.15, 0.2) is 18.1 Å². The summed E-state index contributed by atoms with van der Waals surface area (Å²) < 4.78 is 33.5. The van der Waals surface area contributed by atoms with Crippen LogP contribution in [-0.4, -0.2) is 88.1 Å². The first-order valence-corrected chi connectivity index (χ1v) is 23.1. The zero-order chi connectivity index (χ0) is 44.7. The van der Waals surface area contributed by atoms with Crippen molar-refractivity contribution in [2.75, 3.05) is 19.8 Å². The van der Waals surface area contributed by atoms with Gasteiger partial charge in [-0.25, -0.2) is 4.39 Å². The summed E-state index contributed by atoms with van der Waals surface area (Å²) in [7, 11) is 0. The molecule has 0 bridgehead atoms. The highest BCUT2D eigenvalue weighted by Gasteiger charge is 2.75. The second kappa shape index (κ2) is 23.3. The molecule has 0 aromatic rings. The van der Waals surface area contributed by atoms with Gasteiger partial charge in [0.05, 0.1) is 25.6 Å². The quantitative estimate of drug-likeness (QED) is 0.0331. The lowest BCUT2D eigenvalue weighted by Crippen LogP contribution is -2.69. The van der Waals surface area contributed by atoms with Gasteiger partial charge in [0.1, 0.15) is 11.7 Å². The molecule has 0 aromatic heterocycles. The van der Waals surface area contributed by atoms with Gasteiger partial charge >= 0.3 is 17.9 Å². The molecule has 11 nitrogen and oxygen atoms in total. The number of alkyl halides is 1. The zero-order valence-corrected chi connectivity index (χ0v) is 37.2. The van der Waals surface area contributed by atoms with Crippen molar-refractivity contribution in [2.24, 2.45) is 28.6 Å². The molecule has 0 aliphatic heterocycles. The number of fused-ring (bicyclic) bond motifs is 5. The lowest BCUT2D eigenvalue weighted by Gasteiger charge is -2.62. The number of hydrogen-bond donors (Lipinski definition) is 3. The topological polar surface area (TPSA) is 174 Å². The standard InChI is InChI=1S/C49H73FO11/c1-5-6-7-8-9-10-11-12-13-14-15-16-17-18-19-20-43(55)59-30-27-38(26-29-51)61-45(57)24-23-44(56)60-34-42(54)49(58)35(2)31-40-39-22-21-36-32-37(52)25-28-46(36,3)48(39,50)41(53)33-47(40,49)4/h9-10,12-13,25,28,32,35,38-41,51,53,58H,5-8,11,14-24,26-27,29-31,33-34H2,1-4H3/b10-9-,13-12-/t35-,38?,39+,40+,41+,46+,47+,48+,49+/m1/s1. The number of carbonyl (C=O) groups is 5. The summed E-state index contributed by atoms with van der Waals surface area (Å²) >= 11 is 0. The van der Waals surface area contributed by atoms with Crippen LogP contribution in [0.1, 0.15) is 156 Å². The van der Waals surface area contributed by atoms with Crippen molar-refractivity contribution in [1.29, 1.82) is 0 Å². The van der Waals surface area contributed by atoms with Crippen LogP contribution in [0.15, 0.2) is 48.1 Å². The fourth-order valence-corrected chi connectivity index (χ4v) is 10.8. The number of aliphatic hydroxyl groups excluding tert-OH is 2. The Balaban J connectivity index is 1.13. The minimum Gasteiger partial charge on any atom is -0.466 e. The molecule has 4 aliphatic rings. The van der Waals surface area contributed by atoms with Crippen molar-refractivity contribution in [3.8, 4) is 0 Å². The smallest absolute Gasteiger partial charge is 0.306 e. The number of unbranched alkanes of at least 4 members (excludes halogenated alkanes) is 8. The predicted molar refractivity (Wildman–Crippen MR) is 230 cm³/mol. The molecule has 0 spiro atoms. The molecule has 0 radical (unpaired) electrons. The first-order valence-electron chi connectivity index (χ1n) is 23.1. The highest BCUT2D eigenvalue weighted by molar-refractivity contribution is 6.01. The fraction of sp³-hybridized carbons (Fsp3) is 0.735. The number of aliphatic hydroxyl groups is 3. The predicted octanol–water partition coefficient (Wildman–Crippen LogP) is 8.27. The van der Waals surface area contributed by atoms with Crippen LogP contribution in [0.2, 0.25) is 0 Å². The minimum atomic E-state index is -2.11. The molecule has 0 amide bonds. The molecular weight excluding hydrogens is 784 g/mol. The molecule has 1 unspecified atom stereocenters. The van der Waals surface area contributed by atoms with Crippen molar-refractivity contribution < 1.29 is 57.9 Å². The first-order chi connectivity index (χ1) is 29.1. The van der Waals surface area contributed by atoms with Crippen LogP contribution in [0, 0.1) is 28.6 Å². The normalized spacial score (nSPS) is 31.0. The number of ether oxygens (including phenoxy) is 3. The number of rotatable bonds is 26. The Bertz CT molecular complexity index is 1630. The number of esters is 3. The van der Waals surface area contributed by atoms with Gasteiger partial charge in [0, 0.05) is 42.6 Å². The van der Waals surface area contributed by atoms with Crippen LogP contribution >= 0.6 is 0 Å². The molecule has 12 heteroatoms. The van der Waals surface area contributed by atoms with Gasteiger partial charge < -0.3 is 29.5 Å². The second-order valence-corrected chi connectivity index (χ2v) is 18.4. The number of carbonyl (C=O) groups excluding carboxylic acids is 5. The average Bonchev–Trinajstić information content (AvgIpc) is 3.42. The number of hydrogen-bond acceptors (Lipinski definition) is 11. The Kier molecular flexibility index (Phi) is 19.1. The highest BCUT2D eigenvalue weighted by Crippen LogP contribution is 2.70. The van der Waals surface area contributed by atoms with Crippen LogP contribution in [-0.2, 0) is 38.2 Å². The van der Waals surface area contributed by atoms with Crippen molar-refractivity contribution >= 4 is 29.5 Å². The van der Waals surface area contributed by atoms with Gasteiger partial charge in [-0.3, -0.25) is 24.0 Å². The number of Topliss-reactive ketones (excluding diaryl/α,β-unsaturated/α-hetero) is 1. The summed E-state index contributed by atoms with van der Waals surface area (Å²) in [5, 5.41) is 33.2. The fourth-order valence-electron chi connectivity index (χ4n) is 10.8. The van der Waals surface area contributed by atoms with Gasteiger partial charge in [0.2, 0.25) is 5.78 Å². The Labute approximate surface area is 362 Å². The van der Waals surface area contributed by atoms with Gasteiger partial charge in [-0.1, -0.05) is 88.8 Å². The van der Waals surface area contributed by atoms with Gasteiger partial charge in [-0.15, -0.1) is 0 Å². The SMILES string of the molecule is CCCCC/C=C\C/C=C\CCCCCCCC(=O)OCCC(CCO)OC(=O)CCC(=O)OCC(=O)[C@@]1(O)[C@H](C)C[C@H]2[C@@H]3CCC4=CC(=O)C=C[C@]4(C)[C@@]3(F)[C@@H](O)C[C@@]21C. The molecule has 3 N–H and O–H groups in total. The third kappa shape index (κ3) is 12.0. The third-order valence-corrected chi connectivity index (χ3v) is 14.3. The number of allylic oxidation sites excluding steroid dienone is 8. The molecule has 0 saturated heterocycles. The van der Waals surface area contributed by atoms with Crippen molar-refractivity contribution in [1.82, 2.24) is 0 Å². The van der Waals surface area contributed by atoms with E-state index in [9.17, 15) is 39.3 Å². The molecular formula is C49H73FO11. The Morgan fingerprint density at radius 3 is 2.25 bits per heavy atom. The van der Waals surface area contributed by atoms with Crippen molar-refractivity contribution in [3.05, 3.63) is 48.1 Å². The van der Waals surface area contributed by atoms with Gasteiger partial charge in [-0.05, 0) is 95.1 Å². The molecule has 4 aliphatic carbocycles. The maximum atomic E-state index is 17.4. The summed E-state index contributed by atoms with van der Waals surface area (Å²) in [5.74, 6) is -4.66. The maximum absolute atomic E-state index is 17.4. The summed E-state index contributed by atoms with van der Waals surface area (Å²) in [4.78, 5) is 63.5. The zero-order valence-electron chi connectivity index (χ0n) is 37.2. The Morgan fingerprint density at radius 2 is 1.54 bits per heavy atom. The van der Waals surface area contributed by atoms with Crippen molar-refractivity contribution in [2.45, 2.75) is 180 Å². The van der Waals surface area contributed by atoms with Gasteiger partial charge in [-0.2, -0.15) is 0 Å². The number of halogens is 1.